The van der Waals surface area contributed by atoms with E-state index in [1.165, 1.54) is 0 Å². The minimum absolute atomic E-state index is 0.360. The van der Waals surface area contributed by atoms with Crippen molar-refractivity contribution in [2.24, 2.45) is 0 Å². The molecule has 1 aromatic rings. The molecule has 0 aliphatic heterocycles. The van der Waals surface area contributed by atoms with Gasteiger partial charge in [0.25, 0.3) is 0 Å². The highest BCUT2D eigenvalue weighted by Gasteiger charge is 2.11. The smallest absolute Gasteiger partial charge is 0.344 e. The van der Waals surface area contributed by atoms with Gasteiger partial charge < -0.3 is 19.8 Å². The van der Waals surface area contributed by atoms with Crippen LogP contribution in [0.15, 0.2) is 24.3 Å². The number of rotatable bonds is 5. The Morgan fingerprint density at radius 1 is 1.33 bits per heavy atom. The molecule has 6 heteroatoms. The second kappa shape index (κ2) is 5.16. The van der Waals surface area contributed by atoms with Crippen LogP contribution in [-0.4, -0.2) is 22.7 Å². The molecule has 1 aromatic carbocycles. The molecule has 3 N–H and O–H groups in total. The van der Waals surface area contributed by atoms with Crippen molar-refractivity contribution in [3.05, 3.63) is 24.3 Å². The van der Waals surface area contributed by atoms with Crippen LogP contribution in [0.5, 0.6) is 5.75 Å². The van der Waals surface area contributed by atoms with Crippen LogP contribution in [0.3, 0.4) is 0 Å². The summed E-state index contributed by atoms with van der Waals surface area (Å²) in [5.41, 5.74) is 0.654. The number of ether oxygens (including phenoxy) is 1. The van der Waals surface area contributed by atoms with E-state index in [9.17, 15) is 4.57 Å². The molecule has 5 nitrogen and oxygen atoms in total. The SMILES string of the molecule is CCOc1ccc(NCP(=O)(O)O)cc1. The molecule has 15 heavy (non-hydrogen) atoms. The highest BCUT2D eigenvalue weighted by molar-refractivity contribution is 7.51. The minimum Gasteiger partial charge on any atom is -0.494 e. The molecule has 0 aromatic heterocycles. The summed E-state index contributed by atoms with van der Waals surface area (Å²) in [5.74, 6) is 0.735. The van der Waals surface area contributed by atoms with E-state index < -0.39 is 7.60 Å². The fourth-order valence-corrected chi connectivity index (χ4v) is 1.42. The lowest BCUT2D eigenvalue weighted by molar-refractivity contribution is 0.340. The summed E-state index contributed by atoms with van der Waals surface area (Å²) >= 11 is 0. The highest BCUT2D eigenvalue weighted by Crippen LogP contribution is 2.33. The predicted octanol–water partition coefficient (Wildman–Crippen LogP) is 1.63. The molecule has 0 amide bonds. The van der Waals surface area contributed by atoms with Gasteiger partial charge in [0.05, 0.1) is 6.61 Å². The Kier molecular flexibility index (Phi) is 4.15. The lowest BCUT2D eigenvalue weighted by atomic mass is 10.3. The van der Waals surface area contributed by atoms with Crippen LogP contribution in [0.4, 0.5) is 5.69 Å². The van der Waals surface area contributed by atoms with Gasteiger partial charge in [0.1, 0.15) is 12.0 Å². The van der Waals surface area contributed by atoms with Crippen molar-refractivity contribution in [3.63, 3.8) is 0 Å². The fourth-order valence-electron chi connectivity index (χ4n) is 1.03. The van der Waals surface area contributed by atoms with Crippen LogP contribution >= 0.6 is 7.60 Å². The molecular weight excluding hydrogens is 217 g/mol. The van der Waals surface area contributed by atoms with E-state index in [4.69, 9.17) is 14.5 Å². The van der Waals surface area contributed by atoms with Crippen LogP contribution in [0.2, 0.25) is 0 Å². The summed E-state index contributed by atoms with van der Waals surface area (Å²) in [6, 6.07) is 6.90. The molecule has 0 radical (unpaired) electrons. The standard InChI is InChI=1S/C9H14NO4P/c1-2-14-9-5-3-8(4-6-9)10-7-15(11,12)13/h3-6,10H,2,7H2,1H3,(H2,11,12,13). The minimum atomic E-state index is -4.00. The van der Waals surface area contributed by atoms with E-state index in [0.717, 1.165) is 5.75 Å². The Balaban J connectivity index is 2.53. The van der Waals surface area contributed by atoms with Gasteiger partial charge in [-0.1, -0.05) is 0 Å². The van der Waals surface area contributed by atoms with Crippen LogP contribution in [-0.2, 0) is 4.57 Å². The lowest BCUT2D eigenvalue weighted by Crippen LogP contribution is -2.01. The number of nitrogens with one attached hydrogen (secondary N) is 1. The summed E-state index contributed by atoms with van der Waals surface area (Å²) in [6.45, 7) is 2.48. The molecule has 0 bridgehead atoms. The summed E-state index contributed by atoms with van der Waals surface area (Å²) in [6.07, 6.45) is -0.360. The molecule has 0 unspecified atom stereocenters. The molecule has 1 rings (SSSR count). The van der Waals surface area contributed by atoms with E-state index in [2.05, 4.69) is 5.32 Å². The third-order valence-corrected chi connectivity index (χ3v) is 2.22. The monoisotopic (exact) mass is 231 g/mol. The first-order valence-electron chi connectivity index (χ1n) is 4.52. The van der Waals surface area contributed by atoms with Crippen molar-refractivity contribution in [2.75, 3.05) is 18.2 Å². The Hall–Kier alpha value is -1.03. The van der Waals surface area contributed by atoms with Crippen LogP contribution in [0.25, 0.3) is 0 Å². The molecule has 0 heterocycles. The zero-order valence-corrected chi connectivity index (χ0v) is 9.28. The normalized spacial score (nSPS) is 11.1. The van der Waals surface area contributed by atoms with E-state index in [0.29, 0.717) is 12.3 Å². The first kappa shape index (κ1) is 12.0. The van der Waals surface area contributed by atoms with E-state index in [-0.39, 0.29) is 6.29 Å². The molecule has 0 atom stereocenters. The molecule has 0 saturated carbocycles. The van der Waals surface area contributed by atoms with E-state index in [1.807, 2.05) is 6.92 Å². The van der Waals surface area contributed by atoms with E-state index >= 15 is 0 Å². The second-order valence-corrected chi connectivity index (χ2v) is 4.60. The van der Waals surface area contributed by atoms with Gasteiger partial charge in [-0.3, -0.25) is 4.57 Å². The molecule has 0 aliphatic rings. The molecule has 0 spiro atoms. The average molecular weight is 231 g/mol. The van der Waals surface area contributed by atoms with Gasteiger partial charge in [-0.05, 0) is 31.2 Å². The first-order valence-corrected chi connectivity index (χ1v) is 6.32. The molecule has 84 valence electrons. The summed E-state index contributed by atoms with van der Waals surface area (Å²) in [5, 5.41) is 2.64. The topological polar surface area (TPSA) is 78.8 Å². The van der Waals surface area contributed by atoms with E-state index in [1.54, 1.807) is 24.3 Å². The second-order valence-electron chi connectivity index (χ2n) is 2.96. The van der Waals surface area contributed by atoms with Crippen molar-refractivity contribution >= 4 is 13.3 Å². The summed E-state index contributed by atoms with van der Waals surface area (Å²) < 4.78 is 15.8. The maximum absolute atomic E-state index is 10.6. The Morgan fingerprint density at radius 3 is 2.40 bits per heavy atom. The third-order valence-electron chi connectivity index (χ3n) is 1.65. The van der Waals surface area contributed by atoms with Crippen LogP contribution in [0, 0.1) is 0 Å². The zero-order valence-electron chi connectivity index (χ0n) is 8.38. The fraction of sp³-hybridized carbons (Fsp3) is 0.333. The number of benzene rings is 1. The summed E-state index contributed by atoms with van der Waals surface area (Å²) in [4.78, 5) is 17.3. The Morgan fingerprint density at radius 2 is 1.93 bits per heavy atom. The van der Waals surface area contributed by atoms with Crippen LogP contribution in [0.1, 0.15) is 6.92 Å². The van der Waals surface area contributed by atoms with Crippen molar-refractivity contribution in [1.82, 2.24) is 0 Å². The van der Waals surface area contributed by atoms with Gasteiger partial charge in [-0.2, -0.15) is 0 Å². The highest BCUT2D eigenvalue weighted by atomic mass is 31.2. The lowest BCUT2D eigenvalue weighted by Gasteiger charge is -2.08. The van der Waals surface area contributed by atoms with Crippen molar-refractivity contribution in [2.45, 2.75) is 6.92 Å². The molecule has 0 fully saturated rings. The van der Waals surface area contributed by atoms with Gasteiger partial charge >= 0.3 is 7.60 Å². The maximum Gasteiger partial charge on any atom is 0.344 e. The predicted molar refractivity (Wildman–Crippen MR) is 58.1 cm³/mol. The molecule has 0 saturated heterocycles. The maximum atomic E-state index is 10.6. The van der Waals surface area contributed by atoms with Gasteiger partial charge in [0.15, 0.2) is 0 Å². The largest absolute Gasteiger partial charge is 0.494 e. The number of hydrogen-bond acceptors (Lipinski definition) is 3. The number of anilines is 1. The quantitative estimate of drug-likeness (QED) is 0.671. The van der Waals surface area contributed by atoms with Crippen molar-refractivity contribution in [1.29, 1.82) is 0 Å². The first-order chi connectivity index (χ1) is 7.01. The molecule has 0 aliphatic carbocycles. The van der Waals surface area contributed by atoms with Gasteiger partial charge in [0, 0.05) is 5.69 Å². The summed E-state index contributed by atoms with van der Waals surface area (Å²) in [7, 11) is -4.00. The van der Waals surface area contributed by atoms with Crippen molar-refractivity contribution < 1.29 is 19.1 Å². The zero-order chi connectivity index (χ0) is 11.3. The van der Waals surface area contributed by atoms with Crippen LogP contribution < -0.4 is 10.1 Å². The average Bonchev–Trinajstić information content (AvgIpc) is 2.16. The van der Waals surface area contributed by atoms with Gasteiger partial charge in [-0.15, -0.1) is 0 Å². The Bertz CT molecular complexity index is 346. The third kappa shape index (κ3) is 4.83. The number of hydrogen-bond donors (Lipinski definition) is 3. The Labute approximate surface area is 88.2 Å². The van der Waals surface area contributed by atoms with Gasteiger partial charge in [0.2, 0.25) is 0 Å². The molecular formula is C9H14NO4P. The van der Waals surface area contributed by atoms with Crippen molar-refractivity contribution in [3.8, 4) is 5.75 Å². The van der Waals surface area contributed by atoms with Gasteiger partial charge in [-0.25, -0.2) is 0 Å².